The predicted molar refractivity (Wildman–Crippen MR) is 104 cm³/mol. The molecule has 3 atom stereocenters. The van der Waals surface area contributed by atoms with Gasteiger partial charge in [-0.25, -0.2) is 0 Å². The molecule has 0 saturated carbocycles. The third-order valence-electron chi connectivity index (χ3n) is 4.05. The van der Waals surface area contributed by atoms with E-state index in [2.05, 4.69) is 16.6 Å². The van der Waals surface area contributed by atoms with Crippen LogP contribution in [0.25, 0.3) is 0 Å². The molecule has 0 aliphatic carbocycles. The van der Waals surface area contributed by atoms with Crippen LogP contribution in [0.5, 0.6) is 0 Å². The Kier molecular flexibility index (Phi) is 7.31. The molecule has 0 aliphatic heterocycles. The van der Waals surface area contributed by atoms with E-state index in [-0.39, 0.29) is 6.42 Å². The summed E-state index contributed by atoms with van der Waals surface area (Å²) in [6.07, 6.45) is 3.39. The number of amides is 3. The van der Waals surface area contributed by atoms with Gasteiger partial charge in [0.2, 0.25) is 5.91 Å². The minimum atomic E-state index is -1.67. The summed E-state index contributed by atoms with van der Waals surface area (Å²) in [4.78, 5) is 36.4. The van der Waals surface area contributed by atoms with Crippen LogP contribution >= 0.6 is 0 Å². The standard InChI is InChI=1S/C21H21N3O4/c1-2-9-16(19(22)26)23-21(28)18(25)17(14-10-5-3-6-11-14)24-20(27)15-12-7-4-8-13-15/h1,3-8,10-13,16-18,25H,9H2,(H2,22,26)(H,23,28)(H,24,27)/t16-,17-,18+/m0/s1. The largest absolute Gasteiger partial charge is 0.381 e. The number of terminal acetylenes is 1. The summed E-state index contributed by atoms with van der Waals surface area (Å²) in [7, 11) is 0. The molecule has 2 aromatic rings. The number of hydrogen-bond donors (Lipinski definition) is 4. The molecule has 0 heterocycles. The highest BCUT2D eigenvalue weighted by Crippen LogP contribution is 2.18. The Morgan fingerprint density at radius 3 is 2.11 bits per heavy atom. The summed E-state index contributed by atoms with van der Waals surface area (Å²) in [5, 5.41) is 15.6. The van der Waals surface area contributed by atoms with Crippen LogP contribution in [0.2, 0.25) is 0 Å². The first-order chi connectivity index (χ1) is 13.4. The van der Waals surface area contributed by atoms with Gasteiger partial charge in [-0.3, -0.25) is 14.4 Å². The van der Waals surface area contributed by atoms with Crippen molar-refractivity contribution in [3.63, 3.8) is 0 Å². The van der Waals surface area contributed by atoms with Gasteiger partial charge in [-0.05, 0) is 17.7 Å². The highest BCUT2D eigenvalue weighted by atomic mass is 16.3. The van der Waals surface area contributed by atoms with Gasteiger partial charge < -0.3 is 21.5 Å². The first-order valence-corrected chi connectivity index (χ1v) is 8.56. The smallest absolute Gasteiger partial charge is 0.252 e. The second-order valence-corrected chi connectivity index (χ2v) is 6.04. The molecule has 2 rings (SSSR count). The van der Waals surface area contributed by atoms with Crippen LogP contribution in [0.15, 0.2) is 60.7 Å². The third-order valence-corrected chi connectivity index (χ3v) is 4.05. The van der Waals surface area contributed by atoms with Crippen LogP contribution in [-0.2, 0) is 9.59 Å². The number of hydrogen-bond acceptors (Lipinski definition) is 4. The number of nitrogens with one attached hydrogen (secondary N) is 2. The van der Waals surface area contributed by atoms with Crippen LogP contribution in [0.3, 0.4) is 0 Å². The number of aliphatic hydroxyl groups excluding tert-OH is 1. The maximum atomic E-state index is 12.5. The number of primary amides is 1. The van der Waals surface area contributed by atoms with E-state index in [1.807, 2.05) is 0 Å². The van der Waals surface area contributed by atoms with E-state index in [1.54, 1.807) is 60.7 Å². The molecule has 0 aliphatic rings. The summed E-state index contributed by atoms with van der Waals surface area (Å²) >= 11 is 0. The molecule has 7 heteroatoms. The van der Waals surface area contributed by atoms with E-state index in [1.165, 1.54) is 0 Å². The molecule has 0 saturated heterocycles. The fourth-order valence-electron chi connectivity index (χ4n) is 2.57. The monoisotopic (exact) mass is 379 g/mol. The van der Waals surface area contributed by atoms with Gasteiger partial charge in [0.05, 0.1) is 6.04 Å². The lowest BCUT2D eigenvalue weighted by Crippen LogP contribution is -2.51. The van der Waals surface area contributed by atoms with Gasteiger partial charge in [-0.2, -0.15) is 0 Å². The van der Waals surface area contributed by atoms with Crippen molar-refractivity contribution in [2.24, 2.45) is 5.73 Å². The van der Waals surface area contributed by atoms with Crippen molar-refractivity contribution in [3.05, 3.63) is 71.8 Å². The zero-order valence-corrected chi connectivity index (χ0v) is 15.0. The zero-order chi connectivity index (χ0) is 20.5. The number of rotatable bonds is 8. The molecular weight excluding hydrogens is 358 g/mol. The maximum absolute atomic E-state index is 12.5. The van der Waals surface area contributed by atoms with Crippen LogP contribution in [0.1, 0.15) is 28.4 Å². The lowest BCUT2D eigenvalue weighted by Gasteiger charge is -2.25. The van der Waals surface area contributed by atoms with Gasteiger partial charge in [0.1, 0.15) is 6.04 Å². The molecule has 3 amide bonds. The Hall–Kier alpha value is -3.63. The lowest BCUT2D eigenvalue weighted by molar-refractivity contribution is -0.134. The van der Waals surface area contributed by atoms with Crippen molar-refractivity contribution in [1.82, 2.24) is 10.6 Å². The van der Waals surface area contributed by atoms with Crippen LogP contribution in [0, 0.1) is 12.3 Å². The molecule has 28 heavy (non-hydrogen) atoms. The van der Waals surface area contributed by atoms with Gasteiger partial charge in [-0.15, -0.1) is 12.3 Å². The average Bonchev–Trinajstić information content (AvgIpc) is 2.72. The molecule has 0 bridgehead atoms. The average molecular weight is 379 g/mol. The van der Waals surface area contributed by atoms with Gasteiger partial charge in [-0.1, -0.05) is 48.5 Å². The van der Waals surface area contributed by atoms with E-state index < -0.39 is 35.9 Å². The molecular formula is C21H21N3O4. The number of carbonyl (C=O) groups excluding carboxylic acids is 3. The quantitative estimate of drug-likeness (QED) is 0.499. The second-order valence-electron chi connectivity index (χ2n) is 6.04. The van der Waals surface area contributed by atoms with Crippen molar-refractivity contribution in [2.45, 2.75) is 24.6 Å². The minimum absolute atomic E-state index is 0.111. The minimum Gasteiger partial charge on any atom is -0.381 e. The normalized spacial score (nSPS) is 13.4. The number of nitrogens with two attached hydrogens (primary N) is 1. The first kappa shape index (κ1) is 20.7. The molecule has 144 valence electrons. The number of benzene rings is 2. The van der Waals surface area contributed by atoms with E-state index in [0.29, 0.717) is 11.1 Å². The second kappa shape index (κ2) is 9.90. The van der Waals surface area contributed by atoms with Crippen molar-refractivity contribution >= 4 is 17.7 Å². The molecule has 0 fully saturated rings. The molecule has 0 radical (unpaired) electrons. The summed E-state index contributed by atoms with van der Waals surface area (Å²) in [5.74, 6) is 0.0890. The number of aliphatic hydroxyl groups is 1. The van der Waals surface area contributed by atoms with Gasteiger partial charge in [0.15, 0.2) is 6.10 Å². The predicted octanol–water partition coefficient (Wildman–Crippen LogP) is 0.512. The Bertz CT molecular complexity index is 862. The van der Waals surface area contributed by atoms with Crippen molar-refractivity contribution in [3.8, 4) is 12.3 Å². The summed E-state index contributed by atoms with van der Waals surface area (Å²) in [6, 6.07) is 14.8. The fraction of sp³-hybridized carbons (Fsp3) is 0.190. The lowest BCUT2D eigenvalue weighted by atomic mass is 9.99. The Balaban J connectivity index is 2.23. The van der Waals surface area contributed by atoms with E-state index >= 15 is 0 Å². The summed E-state index contributed by atoms with van der Waals surface area (Å²) in [6.45, 7) is 0. The van der Waals surface area contributed by atoms with Crippen LogP contribution < -0.4 is 16.4 Å². The maximum Gasteiger partial charge on any atom is 0.252 e. The third kappa shape index (κ3) is 5.43. The van der Waals surface area contributed by atoms with Crippen molar-refractivity contribution in [2.75, 3.05) is 0 Å². The summed E-state index contributed by atoms with van der Waals surface area (Å²) in [5.41, 5.74) is 6.10. The van der Waals surface area contributed by atoms with E-state index in [0.717, 1.165) is 0 Å². The van der Waals surface area contributed by atoms with E-state index in [4.69, 9.17) is 12.2 Å². The molecule has 0 spiro atoms. The zero-order valence-electron chi connectivity index (χ0n) is 15.0. The molecule has 0 aromatic heterocycles. The SMILES string of the molecule is C#CC[C@H](NC(=O)[C@H](O)[C@@H](NC(=O)c1ccccc1)c1ccccc1)C(N)=O. The van der Waals surface area contributed by atoms with Crippen molar-refractivity contribution < 1.29 is 19.5 Å². The Morgan fingerprint density at radius 2 is 1.57 bits per heavy atom. The van der Waals surface area contributed by atoms with Gasteiger partial charge in [0.25, 0.3) is 11.8 Å². The van der Waals surface area contributed by atoms with Crippen molar-refractivity contribution in [1.29, 1.82) is 0 Å². The number of carbonyl (C=O) groups is 3. The van der Waals surface area contributed by atoms with Gasteiger partial charge >= 0.3 is 0 Å². The highest BCUT2D eigenvalue weighted by molar-refractivity contribution is 5.95. The topological polar surface area (TPSA) is 122 Å². The fourth-order valence-corrected chi connectivity index (χ4v) is 2.57. The first-order valence-electron chi connectivity index (χ1n) is 8.56. The molecule has 0 unspecified atom stereocenters. The molecule has 7 nitrogen and oxygen atoms in total. The Labute approximate surface area is 162 Å². The van der Waals surface area contributed by atoms with E-state index in [9.17, 15) is 19.5 Å². The Morgan fingerprint density at radius 1 is 1.00 bits per heavy atom. The van der Waals surface area contributed by atoms with Crippen LogP contribution in [0.4, 0.5) is 0 Å². The highest BCUT2D eigenvalue weighted by Gasteiger charge is 2.31. The van der Waals surface area contributed by atoms with Crippen LogP contribution in [-0.4, -0.2) is 35.0 Å². The summed E-state index contributed by atoms with van der Waals surface area (Å²) < 4.78 is 0. The molecule has 2 aromatic carbocycles. The molecule has 5 N–H and O–H groups in total. The van der Waals surface area contributed by atoms with Gasteiger partial charge in [0, 0.05) is 12.0 Å².